The molecule has 1 unspecified atom stereocenters. The standard InChI is InChI=1S/C11H23N3O4S/c1-10-4-3-5-13(8-10)19(16,17)14(6-7-18-2)9-11(12)15/h10H,3-9H2,1-2H3,(H2,12,15). The number of ether oxygens (including phenoxy) is 1. The van der Waals surface area contributed by atoms with Crippen molar-refractivity contribution in [2.45, 2.75) is 19.8 Å². The van der Waals surface area contributed by atoms with Gasteiger partial charge in [-0.3, -0.25) is 4.79 Å². The molecule has 0 aromatic rings. The molecule has 0 saturated carbocycles. The molecular formula is C11H23N3O4S. The molecule has 0 radical (unpaired) electrons. The van der Waals surface area contributed by atoms with Gasteiger partial charge in [0.15, 0.2) is 0 Å². The lowest BCUT2D eigenvalue weighted by Gasteiger charge is -2.34. The molecule has 1 amide bonds. The Kier molecular flexibility index (Phi) is 6.18. The predicted molar refractivity (Wildman–Crippen MR) is 71.5 cm³/mol. The van der Waals surface area contributed by atoms with Crippen molar-refractivity contribution in [3.63, 3.8) is 0 Å². The highest BCUT2D eigenvalue weighted by Crippen LogP contribution is 2.20. The van der Waals surface area contributed by atoms with Gasteiger partial charge >= 0.3 is 0 Å². The van der Waals surface area contributed by atoms with Crippen molar-refractivity contribution < 1.29 is 17.9 Å². The molecule has 1 aliphatic rings. The van der Waals surface area contributed by atoms with E-state index in [0.717, 1.165) is 17.1 Å². The van der Waals surface area contributed by atoms with E-state index in [2.05, 4.69) is 0 Å². The number of nitrogens with two attached hydrogens (primary N) is 1. The Hall–Kier alpha value is -0.700. The number of rotatable bonds is 7. The first-order valence-electron chi connectivity index (χ1n) is 6.40. The zero-order chi connectivity index (χ0) is 14.5. The van der Waals surface area contributed by atoms with Crippen molar-refractivity contribution in [2.24, 2.45) is 11.7 Å². The van der Waals surface area contributed by atoms with E-state index in [-0.39, 0.29) is 19.7 Å². The van der Waals surface area contributed by atoms with Crippen LogP contribution in [-0.2, 0) is 19.7 Å². The first kappa shape index (κ1) is 16.4. The van der Waals surface area contributed by atoms with E-state index >= 15 is 0 Å². The van der Waals surface area contributed by atoms with Crippen molar-refractivity contribution in [1.82, 2.24) is 8.61 Å². The van der Waals surface area contributed by atoms with Gasteiger partial charge in [-0.1, -0.05) is 6.92 Å². The summed E-state index contributed by atoms with van der Waals surface area (Å²) < 4.78 is 32.3. The van der Waals surface area contributed by atoms with Crippen molar-refractivity contribution >= 4 is 16.1 Å². The quantitative estimate of drug-likeness (QED) is 0.678. The van der Waals surface area contributed by atoms with Crippen LogP contribution in [0.15, 0.2) is 0 Å². The fourth-order valence-corrected chi connectivity index (χ4v) is 3.89. The summed E-state index contributed by atoms with van der Waals surface area (Å²) in [5.41, 5.74) is 5.11. The molecule has 1 saturated heterocycles. The SMILES string of the molecule is COCCN(CC(N)=O)S(=O)(=O)N1CCCC(C)C1. The van der Waals surface area contributed by atoms with Crippen LogP contribution >= 0.6 is 0 Å². The van der Waals surface area contributed by atoms with E-state index in [1.807, 2.05) is 6.92 Å². The number of carbonyl (C=O) groups is 1. The molecule has 8 heteroatoms. The van der Waals surface area contributed by atoms with Crippen LogP contribution in [-0.4, -0.2) is 62.8 Å². The van der Waals surface area contributed by atoms with Gasteiger partial charge < -0.3 is 10.5 Å². The second kappa shape index (κ2) is 7.18. The van der Waals surface area contributed by atoms with E-state index in [1.54, 1.807) is 0 Å². The summed E-state index contributed by atoms with van der Waals surface area (Å²) in [6.07, 6.45) is 1.87. The molecule has 1 aliphatic heterocycles. The van der Waals surface area contributed by atoms with Gasteiger partial charge in [0.2, 0.25) is 5.91 Å². The number of methoxy groups -OCH3 is 1. The van der Waals surface area contributed by atoms with Gasteiger partial charge in [-0.25, -0.2) is 0 Å². The minimum atomic E-state index is -3.64. The molecule has 2 N–H and O–H groups in total. The van der Waals surface area contributed by atoms with E-state index < -0.39 is 16.1 Å². The Bertz CT molecular complexity index is 399. The van der Waals surface area contributed by atoms with Crippen LogP contribution in [0.5, 0.6) is 0 Å². The largest absolute Gasteiger partial charge is 0.383 e. The Labute approximate surface area is 114 Å². The summed E-state index contributed by atoms with van der Waals surface area (Å²) in [6.45, 7) is 3.06. The first-order valence-corrected chi connectivity index (χ1v) is 7.80. The Morgan fingerprint density at radius 3 is 2.74 bits per heavy atom. The van der Waals surface area contributed by atoms with Gasteiger partial charge in [0.05, 0.1) is 13.2 Å². The van der Waals surface area contributed by atoms with Crippen LogP contribution in [0, 0.1) is 5.92 Å². The number of nitrogens with zero attached hydrogens (tertiary/aromatic N) is 2. The highest BCUT2D eigenvalue weighted by Gasteiger charge is 2.33. The maximum atomic E-state index is 12.5. The molecule has 0 aliphatic carbocycles. The zero-order valence-corrected chi connectivity index (χ0v) is 12.4. The van der Waals surface area contributed by atoms with Gasteiger partial charge in [-0.15, -0.1) is 0 Å². The summed E-state index contributed by atoms with van der Waals surface area (Å²) in [6, 6.07) is 0. The predicted octanol–water partition coefficient (Wildman–Crippen LogP) is -0.603. The fourth-order valence-electron chi connectivity index (χ4n) is 2.16. The van der Waals surface area contributed by atoms with E-state index in [9.17, 15) is 13.2 Å². The van der Waals surface area contributed by atoms with Crippen molar-refractivity contribution in [1.29, 1.82) is 0 Å². The van der Waals surface area contributed by atoms with E-state index in [0.29, 0.717) is 19.0 Å². The third kappa shape index (κ3) is 4.72. The summed E-state index contributed by atoms with van der Waals surface area (Å²) in [4.78, 5) is 11.0. The smallest absolute Gasteiger partial charge is 0.282 e. The molecule has 112 valence electrons. The normalized spacial score (nSPS) is 21.7. The van der Waals surface area contributed by atoms with E-state index in [4.69, 9.17) is 10.5 Å². The maximum Gasteiger partial charge on any atom is 0.282 e. The summed E-state index contributed by atoms with van der Waals surface area (Å²) in [7, 11) is -2.15. The first-order chi connectivity index (χ1) is 8.87. The maximum absolute atomic E-state index is 12.5. The molecule has 0 bridgehead atoms. The van der Waals surface area contributed by atoms with Gasteiger partial charge in [-0.05, 0) is 18.8 Å². The zero-order valence-electron chi connectivity index (χ0n) is 11.5. The number of hydrogen-bond acceptors (Lipinski definition) is 4. The highest BCUT2D eigenvalue weighted by molar-refractivity contribution is 7.86. The molecular weight excluding hydrogens is 270 g/mol. The Morgan fingerprint density at radius 1 is 1.53 bits per heavy atom. The molecule has 1 atom stereocenters. The topological polar surface area (TPSA) is 92.9 Å². The molecule has 1 heterocycles. The highest BCUT2D eigenvalue weighted by atomic mass is 32.2. The molecule has 0 aromatic carbocycles. The van der Waals surface area contributed by atoms with Crippen LogP contribution in [0.2, 0.25) is 0 Å². The van der Waals surface area contributed by atoms with Crippen LogP contribution in [0.1, 0.15) is 19.8 Å². The lowest BCUT2D eigenvalue weighted by Crippen LogP contribution is -2.50. The molecule has 1 fully saturated rings. The van der Waals surface area contributed by atoms with Crippen LogP contribution in [0.3, 0.4) is 0 Å². The summed E-state index contributed by atoms with van der Waals surface area (Å²) in [5, 5.41) is 0. The molecule has 1 rings (SSSR count). The third-order valence-corrected chi connectivity index (χ3v) is 5.10. The Balaban J connectivity index is 2.81. The van der Waals surface area contributed by atoms with Crippen molar-refractivity contribution in [2.75, 3.05) is 39.9 Å². The third-order valence-electron chi connectivity index (χ3n) is 3.15. The lowest BCUT2D eigenvalue weighted by atomic mass is 10.0. The number of amides is 1. The number of piperidine rings is 1. The number of hydrogen-bond donors (Lipinski definition) is 1. The summed E-state index contributed by atoms with van der Waals surface area (Å²) >= 11 is 0. The van der Waals surface area contributed by atoms with Gasteiger partial charge in [0.25, 0.3) is 10.2 Å². The average Bonchev–Trinajstić information content (AvgIpc) is 2.34. The van der Waals surface area contributed by atoms with Crippen LogP contribution < -0.4 is 5.73 Å². The van der Waals surface area contributed by atoms with Gasteiger partial charge in [0.1, 0.15) is 0 Å². The fraction of sp³-hybridized carbons (Fsp3) is 0.909. The van der Waals surface area contributed by atoms with Gasteiger partial charge in [-0.2, -0.15) is 17.0 Å². The van der Waals surface area contributed by atoms with Crippen LogP contribution in [0.4, 0.5) is 0 Å². The minimum Gasteiger partial charge on any atom is -0.383 e. The average molecular weight is 293 g/mol. The van der Waals surface area contributed by atoms with Gasteiger partial charge in [0, 0.05) is 26.7 Å². The second-order valence-corrected chi connectivity index (χ2v) is 6.83. The molecule has 0 spiro atoms. The number of carbonyl (C=O) groups excluding carboxylic acids is 1. The molecule has 0 aromatic heterocycles. The van der Waals surface area contributed by atoms with Crippen LogP contribution in [0.25, 0.3) is 0 Å². The lowest BCUT2D eigenvalue weighted by molar-refractivity contribution is -0.118. The molecule has 19 heavy (non-hydrogen) atoms. The monoisotopic (exact) mass is 293 g/mol. The number of primary amides is 1. The van der Waals surface area contributed by atoms with Crippen molar-refractivity contribution in [3.05, 3.63) is 0 Å². The second-order valence-electron chi connectivity index (χ2n) is 4.91. The molecule has 7 nitrogen and oxygen atoms in total. The summed E-state index contributed by atoms with van der Waals surface area (Å²) in [5.74, 6) is -0.328. The Morgan fingerprint density at radius 2 is 2.21 bits per heavy atom. The minimum absolute atomic E-state index is 0.132. The van der Waals surface area contributed by atoms with E-state index in [1.165, 1.54) is 11.4 Å². The van der Waals surface area contributed by atoms with Crippen molar-refractivity contribution in [3.8, 4) is 0 Å².